The Labute approximate surface area is 90.9 Å². The van der Waals surface area contributed by atoms with Crippen molar-refractivity contribution in [1.29, 1.82) is 0 Å². The molecule has 0 atom stereocenters. The van der Waals surface area contributed by atoms with Gasteiger partial charge >= 0.3 is 0 Å². The maximum absolute atomic E-state index is 11.9. The summed E-state index contributed by atoms with van der Waals surface area (Å²) in [4.78, 5) is 13.8. The van der Waals surface area contributed by atoms with E-state index in [9.17, 15) is 4.79 Å². The Balaban J connectivity index is 2.49. The Morgan fingerprint density at radius 3 is 2.73 bits per heavy atom. The van der Waals surface area contributed by atoms with Crippen LogP contribution in [-0.4, -0.2) is 17.4 Å². The molecule has 2 rings (SSSR count). The van der Waals surface area contributed by atoms with Gasteiger partial charge in [0.25, 0.3) is 5.91 Å². The highest BCUT2D eigenvalue weighted by atomic mass is 16.2. The summed E-state index contributed by atoms with van der Waals surface area (Å²) in [6, 6.07) is 6.07. The summed E-state index contributed by atoms with van der Waals surface area (Å²) < 4.78 is 0. The number of fused-ring (bicyclic) bond motifs is 1. The summed E-state index contributed by atoms with van der Waals surface area (Å²) >= 11 is 0. The molecule has 0 spiro atoms. The van der Waals surface area contributed by atoms with Gasteiger partial charge in [0, 0.05) is 18.7 Å². The van der Waals surface area contributed by atoms with Crippen molar-refractivity contribution in [2.45, 2.75) is 33.2 Å². The maximum Gasteiger partial charge on any atom is 0.254 e. The Kier molecular flexibility index (Phi) is 2.51. The molecule has 1 aromatic carbocycles. The molecule has 0 aromatic heterocycles. The molecule has 0 radical (unpaired) electrons. The van der Waals surface area contributed by atoms with E-state index in [-0.39, 0.29) is 5.91 Å². The lowest BCUT2D eigenvalue weighted by Gasteiger charge is -2.12. The molecule has 0 fully saturated rings. The largest absolute Gasteiger partial charge is 0.335 e. The van der Waals surface area contributed by atoms with E-state index in [1.54, 1.807) is 0 Å². The predicted molar refractivity (Wildman–Crippen MR) is 60.9 cm³/mol. The van der Waals surface area contributed by atoms with Crippen molar-refractivity contribution >= 4 is 5.91 Å². The highest BCUT2D eigenvalue weighted by molar-refractivity contribution is 5.98. The Hall–Kier alpha value is -1.31. The average Bonchev–Trinajstić information content (AvgIpc) is 2.55. The van der Waals surface area contributed by atoms with E-state index in [1.165, 1.54) is 11.1 Å². The third kappa shape index (κ3) is 1.54. The van der Waals surface area contributed by atoms with Gasteiger partial charge in [-0.25, -0.2) is 0 Å². The minimum atomic E-state index is 0.190. The second-order valence-corrected chi connectivity index (χ2v) is 4.35. The maximum atomic E-state index is 11.9. The molecule has 0 unspecified atom stereocenters. The van der Waals surface area contributed by atoms with Gasteiger partial charge in [-0.05, 0) is 30.0 Å². The molecular weight excluding hydrogens is 186 g/mol. The topological polar surface area (TPSA) is 20.3 Å². The van der Waals surface area contributed by atoms with Crippen LogP contribution in [0, 0.1) is 0 Å². The minimum Gasteiger partial charge on any atom is -0.335 e. The second-order valence-electron chi connectivity index (χ2n) is 4.35. The number of carbonyl (C=O) groups excluding carboxylic acids is 1. The zero-order chi connectivity index (χ0) is 11.0. The number of hydrogen-bond donors (Lipinski definition) is 0. The second kappa shape index (κ2) is 3.69. The van der Waals surface area contributed by atoms with Crippen molar-refractivity contribution in [2.75, 3.05) is 6.54 Å². The fourth-order valence-electron chi connectivity index (χ4n) is 2.21. The molecule has 0 saturated heterocycles. The lowest BCUT2D eigenvalue weighted by molar-refractivity contribution is 0.0787. The van der Waals surface area contributed by atoms with Crippen LogP contribution in [0.15, 0.2) is 18.2 Å². The predicted octanol–water partition coefficient (Wildman–Crippen LogP) is 2.79. The molecule has 1 aromatic rings. The molecule has 1 aliphatic rings. The van der Waals surface area contributed by atoms with Gasteiger partial charge in [0.2, 0.25) is 0 Å². The van der Waals surface area contributed by atoms with E-state index in [2.05, 4.69) is 19.9 Å². The summed E-state index contributed by atoms with van der Waals surface area (Å²) in [7, 11) is 0. The van der Waals surface area contributed by atoms with Crippen molar-refractivity contribution in [3.8, 4) is 0 Å². The highest BCUT2D eigenvalue weighted by Crippen LogP contribution is 2.29. The van der Waals surface area contributed by atoms with Crippen molar-refractivity contribution in [1.82, 2.24) is 4.90 Å². The lowest BCUT2D eigenvalue weighted by atomic mass is 9.95. The molecule has 15 heavy (non-hydrogen) atoms. The van der Waals surface area contributed by atoms with Gasteiger partial charge in [0.1, 0.15) is 0 Å². The number of rotatable bonds is 2. The number of carbonyl (C=O) groups is 1. The first-order valence-electron chi connectivity index (χ1n) is 5.56. The first-order chi connectivity index (χ1) is 7.15. The van der Waals surface area contributed by atoms with Crippen LogP contribution in [-0.2, 0) is 6.54 Å². The van der Waals surface area contributed by atoms with Crippen molar-refractivity contribution < 1.29 is 4.79 Å². The van der Waals surface area contributed by atoms with E-state index in [0.717, 1.165) is 18.7 Å². The van der Waals surface area contributed by atoms with Crippen LogP contribution in [0.2, 0.25) is 0 Å². The summed E-state index contributed by atoms with van der Waals surface area (Å²) in [5.41, 5.74) is 3.46. The fraction of sp³-hybridized carbons (Fsp3) is 0.462. The van der Waals surface area contributed by atoms with Gasteiger partial charge in [-0.1, -0.05) is 26.0 Å². The van der Waals surface area contributed by atoms with Gasteiger partial charge in [0.05, 0.1) is 0 Å². The third-order valence-electron chi connectivity index (χ3n) is 3.08. The molecule has 0 bridgehead atoms. The molecule has 0 N–H and O–H groups in total. The van der Waals surface area contributed by atoms with E-state index >= 15 is 0 Å². The standard InChI is InChI=1S/C13H17NO/c1-4-14-8-12-10(9(2)3)6-5-7-11(12)13(14)15/h5-7,9H,4,8H2,1-3H3. The van der Waals surface area contributed by atoms with Crippen LogP contribution in [0.25, 0.3) is 0 Å². The van der Waals surface area contributed by atoms with Crippen molar-refractivity contribution in [3.05, 3.63) is 34.9 Å². The minimum absolute atomic E-state index is 0.190. The van der Waals surface area contributed by atoms with Crippen LogP contribution in [0.3, 0.4) is 0 Å². The van der Waals surface area contributed by atoms with Crippen LogP contribution < -0.4 is 0 Å². The first-order valence-corrected chi connectivity index (χ1v) is 5.56. The highest BCUT2D eigenvalue weighted by Gasteiger charge is 2.28. The molecule has 2 heteroatoms. The smallest absolute Gasteiger partial charge is 0.254 e. The van der Waals surface area contributed by atoms with Gasteiger partial charge < -0.3 is 4.90 Å². The SMILES string of the molecule is CCN1Cc2c(cccc2C(C)C)C1=O. The summed E-state index contributed by atoms with van der Waals surface area (Å²) in [6.45, 7) is 7.96. The molecule has 1 heterocycles. The number of hydrogen-bond acceptors (Lipinski definition) is 1. The van der Waals surface area contributed by atoms with Crippen LogP contribution in [0.1, 0.15) is 48.2 Å². The zero-order valence-electron chi connectivity index (χ0n) is 9.58. The van der Waals surface area contributed by atoms with Crippen LogP contribution >= 0.6 is 0 Å². The van der Waals surface area contributed by atoms with E-state index in [4.69, 9.17) is 0 Å². The summed E-state index contributed by atoms with van der Waals surface area (Å²) in [5, 5.41) is 0. The quantitative estimate of drug-likeness (QED) is 0.723. The molecule has 80 valence electrons. The zero-order valence-corrected chi connectivity index (χ0v) is 9.58. The van der Waals surface area contributed by atoms with E-state index in [0.29, 0.717) is 5.92 Å². The first kappa shape index (κ1) is 10.2. The van der Waals surface area contributed by atoms with Gasteiger partial charge in [-0.3, -0.25) is 4.79 Å². The molecule has 2 nitrogen and oxygen atoms in total. The molecule has 1 amide bonds. The summed E-state index contributed by atoms with van der Waals surface area (Å²) in [6.07, 6.45) is 0. The van der Waals surface area contributed by atoms with Gasteiger partial charge in [-0.15, -0.1) is 0 Å². The Morgan fingerprint density at radius 2 is 2.13 bits per heavy atom. The van der Waals surface area contributed by atoms with Crippen molar-refractivity contribution in [3.63, 3.8) is 0 Å². The fourth-order valence-corrected chi connectivity index (χ4v) is 2.21. The Bertz CT molecular complexity index is 396. The van der Waals surface area contributed by atoms with Crippen molar-refractivity contribution in [2.24, 2.45) is 0 Å². The molecule has 0 saturated carbocycles. The van der Waals surface area contributed by atoms with Crippen LogP contribution in [0.4, 0.5) is 0 Å². The third-order valence-corrected chi connectivity index (χ3v) is 3.08. The monoisotopic (exact) mass is 203 g/mol. The molecule has 0 aliphatic carbocycles. The van der Waals surface area contributed by atoms with E-state index < -0.39 is 0 Å². The number of amides is 1. The molecule has 1 aliphatic heterocycles. The summed E-state index contributed by atoms with van der Waals surface area (Å²) in [5.74, 6) is 0.680. The normalized spacial score (nSPS) is 14.9. The van der Waals surface area contributed by atoms with Gasteiger partial charge in [-0.2, -0.15) is 0 Å². The molecular formula is C13H17NO. The number of benzene rings is 1. The Morgan fingerprint density at radius 1 is 1.40 bits per heavy atom. The van der Waals surface area contributed by atoms with E-state index in [1.807, 2.05) is 24.0 Å². The van der Waals surface area contributed by atoms with Gasteiger partial charge in [0.15, 0.2) is 0 Å². The average molecular weight is 203 g/mol. The number of nitrogens with zero attached hydrogens (tertiary/aromatic N) is 1. The van der Waals surface area contributed by atoms with Crippen LogP contribution in [0.5, 0.6) is 0 Å². The lowest BCUT2D eigenvalue weighted by Crippen LogP contribution is -2.22.